The van der Waals surface area contributed by atoms with Crippen LogP contribution in [0.15, 0.2) is 72.0 Å². The summed E-state index contributed by atoms with van der Waals surface area (Å²) in [6, 6.07) is 8.94. The summed E-state index contributed by atoms with van der Waals surface area (Å²) >= 11 is 0. The Morgan fingerprint density at radius 3 is 2.70 bits per heavy atom. The van der Waals surface area contributed by atoms with Gasteiger partial charge in [-0.3, -0.25) is 0 Å². The standard InChI is InChI=1S/C22H27N/c1-15(2)11-12-23-17(4)14-22-19-8-6-5-7-18(19)20-10-9-16(3)13-21(20)22/h5-9,13,20,22-23H,1,4,10-12,14H2,2-3H3. The number of hydrogen-bond acceptors (Lipinski definition) is 1. The van der Waals surface area contributed by atoms with Gasteiger partial charge in [-0.25, -0.2) is 0 Å². The molecular formula is C22H27N. The van der Waals surface area contributed by atoms with E-state index in [1.54, 1.807) is 5.57 Å². The molecule has 0 heterocycles. The summed E-state index contributed by atoms with van der Waals surface area (Å²) in [6.07, 6.45) is 7.91. The van der Waals surface area contributed by atoms with E-state index in [1.165, 1.54) is 22.3 Å². The van der Waals surface area contributed by atoms with Crippen LogP contribution < -0.4 is 5.32 Å². The van der Waals surface area contributed by atoms with Gasteiger partial charge in [0.05, 0.1) is 0 Å². The molecule has 0 radical (unpaired) electrons. The van der Waals surface area contributed by atoms with Crippen molar-refractivity contribution >= 4 is 0 Å². The highest BCUT2D eigenvalue weighted by molar-refractivity contribution is 5.54. The van der Waals surface area contributed by atoms with Crippen molar-refractivity contribution in [3.05, 3.63) is 83.1 Å². The molecule has 2 aliphatic rings. The lowest BCUT2D eigenvalue weighted by molar-refractivity contribution is 0.675. The van der Waals surface area contributed by atoms with E-state index in [9.17, 15) is 0 Å². The first-order chi connectivity index (χ1) is 11.1. The van der Waals surface area contributed by atoms with E-state index >= 15 is 0 Å². The molecule has 1 heteroatoms. The summed E-state index contributed by atoms with van der Waals surface area (Å²) in [5.74, 6) is 1.05. The summed E-state index contributed by atoms with van der Waals surface area (Å²) in [5.41, 5.74) is 8.34. The molecule has 0 saturated heterocycles. The number of allylic oxidation sites excluding steroid dienone is 5. The van der Waals surface area contributed by atoms with Gasteiger partial charge in [-0.1, -0.05) is 59.7 Å². The van der Waals surface area contributed by atoms with Crippen molar-refractivity contribution in [3.8, 4) is 0 Å². The second-order valence-corrected chi connectivity index (χ2v) is 7.00. The van der Waals surface area contributed by atoms with E-state index in [0.717, 1.165) is 31.5 Å². The molecule has 0 bridgehead atoms. The van der Waals surface area contributed by atoms with Crippen molar-refractivity contribution in [2.45, 2.75) is 44.9 Å². The molecule has 2 unspecified atom stereocenters. The van der Waals surface area contributed by atoms with Gasteiger partial charge >= 0.3 is 0 Å². The molecule has 0 aliphatic heterocycles. The predicted octanol–water partition coefficient (Wildman–Crippen LogP) is 5.60. The zero-order chi connectivity index (χ0) is 16.4. The first-order valence-corrected chi connectivity index (χ1v) is 8.59. The molecule has 0 spiro atoms. The summed E-state index contributed by atoms with van der Waals surface area (Å²) in [7, 11) is 0. The van der Waals surface area contributed by atoms with Crippen LogP contribution in [0, 0.1) is 0 Å². The van der Waals surface area contributed by atoms with Crippen LogP contribution in [0.3, 0.4) is 0 Å². The molecule has 1 aromatic rings. The molecule has 0 saturated carbocycles. The average molecular weight is 305 g/mol. The second kappa shape index (κ2) is 6.62. The number of hydrogen-bond donors (Lipinski definition) is 1. The fraction of sp³-hybridized carbons (Fsp3) is 0.364. The van der Waals surface area contributed by atoms with Crippen LogP contribution in [0.4, 0.5) is 0 Å². The van der Waals surface area contributed by atoms with Crippen molar-refractivity contribution in [3.63, 3.8) is 0 Å². The maximum atomic E-state index is 4.26. The second-order valence-electron chi connectivity index (χ2n) is 7.00. The quantitative estimate of drug-likeness (QED) is 0.674. The Morgan fingerprint density at radius 1 is 1.22 bits per heavy atom. The van der Waals surface area contributed by atoms with E-state index in [1.807, 2.05) is 0 Å². The van der Waals surface area contributed by atoms with Gasteiger partial charge in [-0.15, -0.1) is 6.58 Å². The van der Waals surface area contributed by atoms with Crippen molar-refractivity contribution in [1.29, 1.82) is 0 Å². The predicted molar refractivity (Wildman–Crippen MR) is 99.6 cm³/mol. The molecule has 2 atom stereocenters. The lowest BCUT2D eigenvalue weighted by atomic mass is 9.84. The van der Waals surface area contributed by atoms with Crippen molar-refractivity contribution in [2.75, 3.05) is 6.54 Å². The Hall–Kier alpha value is -2.02. The lowest BCUT2D eigenvalue weighted by Crippen LogP contribution is -2.16. The van der Waals surface area contributed by atoms with Crippen LogP contribution in [-0.4, -0.2) is 6.54 Å². The normalized spacial score (nSPS) is 21.8. The summed E-state index contributed by atoms with van der Waals surface area (Å²) in [4.78, 5) is 0. The van der Waals surface area contributed by atoms with E-state index in [2.05, 4.69) is 68.7 Å². The van der Waals surface area contributed by atoms with E-state index in [0.29, 0.717) is 11.8 Å². The van der Waals surface area contributed by atoms with Gasteiger partial charge in [0.15, 0.2) is 0 Å². The SMILES string of the molecule is C=C(C)CCNC(=C)CC1C2=CC(C)=CCC2c2ccccc21. The maximum Gasteiger partial charge on any atom is 0.0180 e. The van der Waals surface area contributed by atoms with Gasteiger partial charge in [-0.05, 0) is 44.2 Å². The highest BCUT2D eigenvalue weighted by Gasteiger charge is 2.36. The highest BCUT2D eigenvalue weighted by atomic mass is 14.9. The van der Waals surface area contributed by atoms with Gasteiger partial charge in [0.1, 0.15) is 0 Å². The first-order valence-electron chi connectivity index (χ1n) is 8.59. The molecule has 0 amide bonds. The lowest BCUT2D eigenvalue weighted by Gasteiger charge is -2.22. The number of nitrogens with one attached hydrogen (secondary N) is 1. The Kier molecular flexibility index (Phi) is 4.56. The third-order valence-corrected chi connectivity index (χ3v) is 5.00. The summed E-state index contributed by atoms with van der Waals surface area (Å²) < 4.78 is 0. The van der Waals surface area contributed by atoms with Gasteiger partial charge < -0.3 is 5.32 Å². The van der Waals surface area contributed by atoms with Crippen LogP contribution in [-0.2, 0) is 0 Å². The monoisotopic (exact) mass is 305 g/mol. The molecule has 1 aromatic carbocycles. The van der Waals surface area contributed by atoms with Crippen molar-refractivity contribution < 1.29 is 0 Å². The van der Waals surface area contributed by atoms with Crippen LogP contribution in [0.25, 0.3) is 0 Å². The maximum absolute atomic E-state index is 4.26. The smallest absolute Gasteiger partial charge is 0.0180 e. The van der Waals surface area contributed by atoms with Crippen LogP contribution in [0.5, 0.6) is 0 Å². The van der Waals surface area contributed by atoms with E-state index in [4.69, 9.17) is 0 Å². The number of benzene rings is 1. The summed E-state index contributed by atoms with van der Waals surface area (Å²) in [6.45, 7) is 13.4. The third-order valence-electron chi connectivity index (χ3n) is 5.00. The van der Waals surface area contributed by atoms with E-state index < -0.39 is 0 Å². The topological polar surface area (TPSA) is 12.0 Å². The van der Waals surface area contributed by atoms with Crippen LogP contribution in [0.1, 0.15) is 56.1 Å². The Balaban J connectivity index is 1.78. The minimum absolute atomic E-state index is 0.477. The number of fused-ring (bicyclic) bond motifs is 3. The average Bonchev–Trinajstić information content (AvgIpc) is 2.81. The molecule has 3 rings (SSSR count). The Morgan fingerprint density at radius 2 is 1.96 bits per heavy atom. The molecule has 0 fully saturated rings. The van der Waals surface area contributed by atoms with Crippen molar-refractivity contribution in [1.82, 2.24) is 5.32 Å². The van der Waals surface area contributed by atoms with Gasteiger partial charge in [-0.2, -0.15) is 0 Å². The van der Waals surface area contributed by atoms with Crippen LogP contribution in [0.2, 0.25) is 0 Å². The number of rotatable bonds is 6. The summed E-state index contributed by atoms with van der Waals surface area (Å²) in [5, 5.41) is 3.48. The molecule has 0 aromatic heterocycles. The van der Waals surface area contributed by atoms with Crippen molar-refractivity contribution in [2.24, 2.45) is 0 Å². The first kappa shape index (κ1) is 15.9. The highest BCUT2D eigenvalue weighted by Crippen LogP contribution is 2.51. The third kappa shape index (κ3) is 3.34. The zero-order valence-corrected chi connectivity index (χ0v) is 14.4. The van der Waals surface area contributed by atoms with E-state index in [-0.39, 0.29) is 0 Å². The minimum Gasteiger partial charge on any atom is -0.388 e. The van der Waals surface area contributed by atoms with Gasteiger partial charge in [0.25, 0.3) is 0 Å². The van der Waals surface area contributed by atoms with Gasteiger partial charge in [0, 0.05) is 24.1 Å². The zero-order valence-electron chi connectivity index (χ0n) is 14.4. The van der Waals surface area contributed by atoms with Crippen LogP contribution >= 0.6 is 0 Å². The minimum atomic E-state index is 0.477. The van der Waals surface area contributed by atoms with Gasteiger partial charge in [0.2, 0.25) is 0 Å². The Labute approximate surface area is 140 Å². The molecule has 23 heavy (non-hydrogen) atoms. The molecular weight excluding hydrogens is 278 g/mol. The molecule has 2 aliphatic carbocycles. The molecule has 1 N–H and O–H groups in total. The fourth-order valence-electron chi connectivity index (χ4n) is 3.84. The molecule has 120 valence electrons. The molecule has 1 nitrogen and oxygen atoms in total. The largest absolute Gasteiger partial charge is 0.388 e. The fourth-order valence-corrected chi connectivity index (χ4v) is 3.84. The Bertz CT molecular complexity index is 690.